The summed E-state index contributed by atoms with van der Waals surface area (Å²) in [5.74, 6) is 1.41. The first kappa shape index (κ1) is 43.4. The van der Waals surface area contributed by atoms with Gasteiger partial charge in [0, 0.05) is 43.8 Å². The molecule has 8 heteroatoms. The van der Waals surface area contributed by atoms with Gasteiger partial charge in [0.2, 0.25) is 0 Å². The maximum Gasteiger partial charge on any atom is 0.453 e. The molecule has 0 saturated carbocycles. The van der Waals surface area contributed by atoms with Crippen molar-refractivity contribution in [3.8, 4) is 22.6 Å². The average Bonchev–Trinajstić information content (AvgIpc) is 3.44. The second-order valence-electron chi connectivity index (χ2n) is 20.6. The highest BCUT2D eigenvalue weighted by molar-refractivity contribution is 7.32. The Bertz CT molecular complexity index is 2760. The molecule has 2 aromatic heterocycles. The van der Waals surface area contributed by atoms with Gasteiger partial charge in [-0.3, -0.25) is 0 Å². The van der Waals surface area contributed by atoms with Crippen molar-refractivity contribution in [2.75, 3.05) is 0 Å². The molecule has 0 bridgehead atoms. The Labute approximate surface area is 368 Å². The van der Waals surface area contributed by atoms with E-state index in [2.05, 4.69) is 133 Å². The Morgan fingerprint density at radius 1 is 0.355 bits per heavy atom. The maximum atomic E-state index is 7.41. The van der Waals surface area contributed by atoms with Crippen LogP contribution in [0.4, 0.5) is 0 Å². The molecule has 0 spiro atoms. The van der Waals surface area contributed by atoms with Crippen LogP contribution >= 0.6 is 16.5 Å². The van der Waals surface area contributed by atoms with Crippen molar-refractivity contribution >= 4 is 60.4 Å². The molecule has 322 valence electrons. The van der Waals surface area contributed by atoms with Crippen LogP contribution in [-0.2, 0) is 21.7 Å². The van der Waals surface area contributed by atoms with Gasteiger partial charge < -0.3 is 25.8 Å². The van der Waals surface area contributed by atoms with Gasteiger partial charge in [-0.1, -0.05) is 168 Å². The zero-order valence-corrected chi connectivity index (χ0v) is 40.5. The average molecular weight is 867 g/mol. The van der Waals surface area contributed by atoms with Crippen LogP contribution < -0.4 is 9.05 Å². The van der Waals surface area contributed by atoms with Gasteiger partial charge in [-0.15, -0.1) is 0 Å². The summed E-state index contributed by atoms with van der Waals surface area (Å²) in [6, 6.07) is 37.0. The summed E-state index contributed by atoms with van der Waals surface area (Å²) in [6.45, 7) is 31.6. The minimum Gasteiger partial charge on any atom is -0.390 e. The van der Waals surface area contributed by atoms with Crippen LogP contribution in [0.15, 0.2) is 126 Å². The molecule has 0 aliphatic rings. The molecule has 6 nitrogen and oxygen atoms in total. The Morgan fingerprint density at radius 2 is 0.597 bits per heavy atom. The quantitative estimate of drug-likeness (QED) is 0.172. The largest absolute Gasteiger partial charge is 0.453 e. The van der Waals surface area contributed by atoms with E-state index in [1.165, 1.54) is 11.1 Å². The summed E-state index contributed by atoms with van der Waals surface area (Å²) < 4.78 is 42.1. The molecule has 0 atom stereocenters. The van der Waals surface area contributed by atoms with Crippen LogP contribution in [-0.4, -0.2) is 0 Å². The Balaban J connectivity index is 1.55. The van der Waals surface area contributed by atoms with Gasteiger partial charge >= 0.3 is 16.5 Å². The van der Waals surface area contributed by atoms with Crippen molar-refractivity contribution < 1.29 is 25.8 Å². The Morgan fingerprint density at radius 3 is 0.839 bits per heavy atom. The first-order valence-electron chi connectivity index (χ1n) is 21.5. The SMILES string of the molecule is Cc1c(C(C)(C)C)cc(C(C)(C)C)c(Op2oc3ccccc3c3ccccc3o2)c1-c1c(C)c(C(C)(C)C)cc(C(C)(C)C)c1Op1oc2ccccc2c2ccccc2o1. The maximum absolute atomic E-state index is 7.41. The van der Waals surface area contributed by atoms with E-state index in [0.717, 1.165) is 54.9 Å². The van der Waals surface area contributed by atoms with E-state index in [1.807, 2.05) is 72.8 Å². The number of hydrogen-bond acceptors (Lipinski definition) is 6. The Hall–Kier alpha value is -5.28. The Kier molecular flexibility index (Phi) is 11.1. The fourth-order valence-electron chi connectivity index (χ4n) is 8.64. The van der Waals surface area contributed by atoms with Crippen LogP contribution in [0.5, 0.6) is 11.5 Å². The fourth-order valence-corrected chi connectivity index (χ4v) is 10.8. The number of fused-ring (bicyclic) bond motifs is 6. The second-order valence-corrected chi connectivity index (χ2v) is 22.6. The molecule has 0 radical (unpaired) electrons. The van der Waals surface area contributed by atoms with Crippen molar-refractivity contribution in [2.24, 2.45) is 0 Å². The molecule has 0 amide bonds. The monoisotopic (exact) mass is 866 g/mol. The summed E-state index contributed by atoms with van der Waals surface area (Å²) in [5, 5.41) is 3.83. The van der Waals surface area contributed by atoms with Gasteiger partial charge in [0.15, 0.2) is 0 Å². The molecular formula is C54H60O6P2. The highest BCUT2D eigenvalue weighted by atomic mass is 31.1. The van der Waals surface area contributed by atoms with Gasteiger partial charge in [-0.05, 0) is 82.0 Å². The van der Waals surface area contributed by atoms with Crippen LogP contribution in [0.25, 0.3) is 55.0 Å². The molecule has 0 fully saturated rings. The van der Waals surface area contributed by atoms with E-state index >= 15 is 0 Å². The lowest BCUT2D eigenvalue weighted by atomic mass is 9.72. The number of hydrogen-bond donors (Lipinski definition) is 0. The van der Waals surface area contributed by atoms with Crippen molar-refractivity contribution in [2.45, 2.75) is 119 Å². The first-order valence-corrected chi connectivity index (χ1v) is 23.7. The summed E-state index contributed by atoms with van der Waals surface area (Å²) in [4.78, 5) is 0. The van der Waals surface area contributed by atoms with Crippen molar-refractivity contribution in [1.29, 1.82) is 0 Å². The molecule has 62 heavy (non-hydrogen) atoms. The zero-order chi connectivity index (χ0) is 44.5. The molecule has 0 aliphatic carbocycles. The van der Waals surface area contributed by atoms with Crippen LogP contribution in [0.1, 0.15) is 116 Å². The molecule has 6 aromatic carbocycles. The standard InChI is InChI=1S/C54H60O6P2/c1-33-39(51(3,4)5)31-41(53(9,10)11)49(59-61-55-43-27-19-15-23-35(43)36-24-16-20-28-44(36)56-61)47(33)48-34(2)40(52(6,7)8)32-42(54(12,13)14)50(48)60-62-57-45-29-21-17-25-37(45)38-26-18-22-30-46(38)58-62/h15-32H,1-14H3. The summed E-state index contributed by atoms with van der Waals surface area (Å²) in [5.41, 5.74) is 10.3. The third-order valence-electron chi connectivity index (χ3n) is 11.7. The first-order chi connectivity index (χ1) is 29.1. The van der Waals surface area contributed by atoms with E-state index in [-0.39, 0.29) is 21.7 Å². The summed E-state index contributed by atoms with van der Waals surface area (Å²) in [7, 11) is -4.02. The smallest absolute Gasteiger partial charge is 0.390 e. The van der Waals surface area contributed by atoms with Gasteiger partial charge in [-0.25, -0.2) is 0 Å². The predicted molar refractivity (Wildman–Crippen MR) is 261 cm³/mol. The highest BCUT2D eigenvalue weighted by Gasteiger charge is 2.36. The van der Waals surface area contributed by atoms with E-state index in [1.54, 1.807) is 0 Å². The molecule has 0 N–H and O–H groups in total. The molecule has 8 aromatic rings. The van der Waals surface area contributed by atoms with Crippen molar-refractivity contribution in [3.63, 3.8) is 0 Å². The predicted octanol–water partition coefficient (Wildman–Crippen LogP) is 18.1. The number of benzene rings is 6. The molecular weight excluding hydrogens is 807 g/mol. The van der Waals surface area contributed by atoms with Crippen LogP contribution in [0, 0.1) is 13.8 Å². The lowest BCUT2D eigenvalue weighted by molar-refractivity contribution is 0.470. The molecule has 0 unspecified atom stereocenters. The minimum atomic E-state index is -2.01. The minimum absolute atomic E-state index is 0.218. The molecule has 2 heterocycles. The topological polar surface area (TPSA) is 71.0 Å². The molecule has 0 aliphatic heterocycles. The zero-order valence-electron chi connectivity index (χ0n) is 38.7. The lowest BCUT2D eigenvalue weighted by Crippen LogP contribution is -2.22. The lowest BCUT2D eigenvalue weighted by Gasteiger charge is -2.34. The normalized spacial score (nSPS) is 12.7. The van der Waals surface area contributed by atoms with E-state index in [0.29, 0.717) is 33.8 Å². The van der Waals surface area contributed by atoms with E-state index < -0.39 is 16.5 Å². The van der Waals surface area contributed by atoms with Gasteiger partial charge in [0.05, 0.1) is 0 Å². The highest BCUT2D eigenvalue weighted by Crippen LogP contribution is 2.56. The summed E-state index contributed by atoms with van der Waals surface area (Å²) in [6.07, 6.45) is 0. The van der Waals surface area contributed by atoms with Crippen LogP contribution in [0.3, 0.4) is 0 Å². The van der Waals surface area contributed by atoms with Crippen LogP contribution in [0.2, 0.25) is 0 Å². The summed E-state index contributed by atoms with van der Waals surface area (Å²) >= 11 is 0. The van der Waals surface area contributed by atoms with Gasteiger partial charge in [0.1, 0.15) is 33.8 Å². The van der Waals surface area contributed by atoms with Gasteiger partial charge in [-0.2, -0.15) is 0 Å². The third kappa shape index (κ3) is 8.21. The van der Waals surface area contributed by atoms with E-state index in [9.17, 15) is 0 Å². The fraction of sp³-hybridized carbons (Fsp3) is 0.333. The van der Waals surface area contributed by atoms with Gasteiger partial charge in [0.25, 0.3) is 0 Å². The van der Waals surface area contributed by atoms with Crippen molar-refractivity contribution in [1.82, 2.24) is 0 Å². The number of para-hydroxylation sites is 4. The number of rotatable bonds is 5. The molecule has 8 rings (SSSR count). The second kappa shape index (κ2) is 15.8. The molecule has 0 saturated heterocycles. The van der Waals surface area contributed by atoms with E-state index in [4.69, 9.17) is 25.8 Å². The van der Waals surface area contributed by atoms with Crippen molar-refractivity contribution in [3.05, 3.63) is 143 Å². The third-order valence-corrected chi connectivity index (χ3v) is 13.8.